The zero-order valence-electron chi connectivity index (χ0n) is 9.79. The van der Waals surface area contributed by atoms with Crippen molar-refractivity contribution in [3.8, 4) is 6.07 Å². The van der Waals surface area contributed by atoms with Crippen LogP contribution in [-0.4, -0.2) is 30.0 Å². The Balaban J connectivity index is 1.85. The van der Waals surface area contributed by atoms with E-state index in [1.54, 1.807) is 12.1 Å². The molecule has 18 heavy (non-hydrogen) atoms. The number of nitriles is 1. The van der Waals surface area contributed by atoms with Crippen molar-refractivity contribution in [1.29, 1.82) is 5.26 Å². The molecule has 2 rings (SSSR count). The molecule has 1 saturated heterocycles. The lowest BCUT2D eigenvalue weighted by atomic mass is 10.0. The molecule has 96 valence electrons. The molecule has 4 nitrogen and oxygen atoms in total. The molecular formula is C12H14F2N4. The van der Waals surface area contributed by atoms with Crippen molar-refractivity contribution >= 4 is 5.82 Å². The summed E-state index contributed by atoms with van der Waals surface area (Å²) in [7, 11) is 0. The fourth-order valence-corrected chi connectivity index (χ4v) is 1.93. The molecule has 1 aromatic rings. The summed E-state index contributed by atoms with van der Waals surface area (Å²) in [5.74, 6) is -1.99. The molecule has 0 spiro atoms. The van der Waals surface area contributed by atoms with Crippen LogP contribution in [0.25, 0.3) is 0 Å². The second-order valence-electron chi connectivity index (χ2n) is 4.39. The summed E-state index contributed by atoms with van der Waals surface area (Å²) in [5.41, 5.74) is 0.475. The van der Waals surface area contributed by atoms with Crippen molar-refractivity contribution in [2.24, 2.45) is 0 Å². The van der Waals surface area contributed by atoms with Crippen LogP contribution in [0.4, 0.5) is 14.6 Å². The third-order valence-electron chi connectivity index (χ3n) is 2.89. The summed E-state index contributed by atoms with van der Waals surface area (Å²) in [6, 6.07) is 5.01. The quantitative estimate of drug-likeness (QED) is 0.860. The fraction of sp³-hybridized carbons (Fsp3) is 0.500. The average molecular weight is 252 g/mol. The molecule has 0 bridgehead atoms. The van der Waals surface area contributed by atoms with Crippen LogP contribution in [0.5, 0.6) is 0 Å². The van der Waals surface area contributed by atoms with E-state index in [1.165, 1.54) is 6.20 Å². The van der Waals surface area contributed by atoms with Crippen molar-refractivity contribution in [3.05, 3.63) is 23.9 Å². The van der Waals surface area contributed by atoms with Gasteiger partial charge < -0.3 is 10.6 Å². The zero-order chi connectivity index (χ0) is 13.0. The van der Waals surface area contributed by atoms with Gasteiger partial charge in [0.1, 0.15) is 11.9 Å². The lowest BCUT2D eigenvalue weighted by molar-refractivity contribution is -0.0394. The van der Waals surface area contributed by atoms with Crippen LogP contribution in [0.3, 0.4) is 0 Å². The standard InChI is InChI=1S/C12H14F2N4/c13-12(14)3-4-16-10(5-12)8-18-11-2-1-9(6-15)7-17-11/h1-2,7,10,16H,3-5,8H2,(H,17,18). The summed E-state index contributed by atoms with van der Waals surface area (Å²) >= 11 is 0. The monoisotopic (exact) mass is 252 g/mol. The van der Waals surface area contributed by atoms with Gasteiger partial charge in [-0.1, -0.05) is 0 Å². The van der Waals surface area contributed by atoms with E-state index < -0.39 is 5.92 Å². The highest BCUT2D eigenvalue weighted by Gasteiger charge is 2.35. The van der Waals surface area contributed by atoms with Crippen molar-refractivity contribution in [1.82, 2.24) is 10.3 Å². The van der Waals surface area contributed by atoms with Crippen molar-refractivity contribution in [2.75, 3.05) is 18.4 Å². The molecule has 1 aliphatic heterocycles. The Morgan fingerprint density at radius 2 is 2.39 bits per heavy atom. The molecule has 0 radical (unpaired) electrons. The number of pyridine rings is 1. The first-order valence-corrected chi connectivity index (χ1v) is 5.80. The van der Waals surface area contributed by atoms with E-state index >= 15 is 0 Å². The fourth-order valence-electron chi connectivity index (χ4n) is 1.93. The minimum atomic E-state index is -2.57. The molecule has 1 atom stereocenters. The van der Waals surface area contributed by atoms with Crippen LogP contribution in [0.2, 0.25) is 0 Å². The Bertz CT molecular complexity index is 438. The maximum Gasteiger partial charge on any atom is 0.250 e. The number of rotatable bonds is 3. The van der Waals surface area contributed by atoms with E-state index in [4.69, 9.17) is 5.26 Å². The highest BCUT2D eigenvalue weighted by molar-refractivity contribution is 5.39. The van der Waals surface area contributed by atoms with Crippen molar-refractivity contribution in [2.45, 2.75) is 24.8 Å². The first-order valence-electron chi connectivity index (χ1n) is 5.80. The van der Waals surface area contributed by atoms with Crippen molar-refractivity contribution < 1.29 is 8.78 Å². The number of alkyl halides is 2. The lowest BCUT2D eigenvalue weighted by Gasteiger charge is -2.30. The molecule has 1 aliphatic rings. The number of piperidine rings is 1. The van der Waals surface area contributed by atoms with Gasteiger partial charge in [-0.15, -0.1) is 0 Å². The van der Waals surface area contributed by atoms with Gasteiger partial charge >= 0.3 is 0 Å². The SMILES string of the molecule is N#Cc1ccc(NCC2CC(F)(F)CCN2)nc1. The Morgan fingerprint density at radius 3 is 3.00 bits per heavy atom. The van der Waals surface area contributed by atoms with Gasteiger partial charge in [0.25, 0.3) is 5.92 Å². The molecule has 0 aliphatic carbocycles. The number of nitrogens with zero attached hydrogens (tertiary/aromatic N) is 2. The smallest absolute Gasteiger partial charge is 0.250 e. The van der Waals surface area contributed by atoms with E-state index in [1.807, 2.05) is 6.07 Å². The van der Waals surface area contributed by atoms with Crippen LogP contribution < -0.4 is 10.6 Å². The van der Waals surface area contributed by atoms with Gasteiger partial charge in [0, 0.05) is 38.2 Å². The minimum Gasteiger partial charge on any atom is -0.369 e. The Labute approximate surface area is 104 Å². The summed E-state index contributed by atoms with van der Waals surface area (Å²) in [5, 5.41) is 14.6. The number of aromatic nitrogens is 1. The Hall–Kier alpha value is -1.74. The van der Waals surface area contributed by atoms with Gasteiger partial charge in [0.2, 0.25) is 0 Å². The van der Waals surface area contributed by atoms with E-state index in [0.29, 0.717) is 24.5 Å². The molecule has 0 aromatic carbocycles. The highest BCUT2D eigenvalue weighted by atomic mass is 19.3. The van der Waals surface area contributed by atoms with Gasteiger partial charge in [-0.2, -0.15) is 5.26 Å². The number of halogens is 2. The molecule has 0 saturated carbocycles. The minimum absolute atomic E-state index is 0.0986. The molecular weight excluding hydrogens is 238 g/mol. The highest BCUT2D eigenvalue weighted by Crippen LogP contribution is 2.27. The number of anilines is 1. The van der Waals surface area contributed by atoms with Gasteiger partial charge in [-0.05, 0) is 12.1 Å². The molecule has 1 aromatic heterocycles. The van der Waals surface area contributed by atoms with Crippen LogP contribution in [0, 0.1) is 11.3 Å². The van der Waals surface area contributed by atoms with Gasteiger partial charge in [0.05, 0.1) is 5.56 Å². The first kappa shape index (κ1) is 12.7. The van der Waals surface area contributed by atoms with Crippen molar-refractivity contribution in [3.63, 3.8) is 0 Å². The normalized spacial score (nSPS) is 22.2. The predicted octanol–water partition coefficient (Wildman–Crippen LogP) is 1.75. The molecule has 1 fully saturated rings. The average Bonchev–Trinajstić information content (AvgIpc) is 2.36. The molecule has 1 unspecified atom stereocenters. The van der Waals surface area contributed by atoms with E-state index in [9.17, 15) is 8.78 Å². The third-order valence-corrected chi connectivity index (χ3v) is 2.89. The summed E-state index contributed by atoms with van der Waals surface area (Å²) in [6.45, 7) is 0.731. The van der Waals surface area contributed by atoms with E-state index in [-0.39, 0.29) is 18.9 Å². The Kier molecular flexibility index (Phi) is 3.72. The summed E-state index contributed by atoms with van der Waals surface area (Å²) in [6.07, 6.45) is 1.19. The second-order valence-corrected chi connectivity index (χ2v) is 4.39. The second kappa shape index (κ2) is 5.27. The molecule has 6 heteroatoms. The largest absolute Gasteiger partial charge is 0.369 e. The lowest BCUT2D eigenvalue weighted by Crippen LogP contribution is -2.47. The zero-order valence-corrected chi connectivity index (χ0v) is 9.79. The number of hydrogen-bond acceptors (Lipinski definition) is 4. The molecule has 0 amide bonds. The van der Waals surface area contributed by atoms with Gasteiger partial charge in [0.15, 0.2) is 0 Å². The number of nitrogens with one attached hydrogen (secondary N) is 2. The van der Waals surface area contributed by atoms with E-state index in [2.05, 4.69) is 15.6 Å². The third kappa shape index (κ3) is 3.37. The van der Waals surface area contributed by atoms with Crippen LogP contribution in [0.15, 0.2) is 18.3 Å². The maximum atomic E-state index is 13.2. The maximum absolute atomic E-state index is 13.2. The predicted molar refractivity (Wildman–Crippen MR) is 63.4 cm³/mol. The first-order chi connectivity index (χ1) is 8.59. The summed E-state index contributed by atoms with van der Waals surface area (Å²) < 4.78 is 26.3. The topological polar surface area (TPSA) is 60.7 Å². The van der Waals surface area contributed by atoms with Crippen LogP contribution in [0.1, 0.15) is 18.4 Å². The molecule has 2 N–H and O–H groups in total. The summed E-state index contributed by atoms with van der Waals surface area (Å²) in [4.78, 5) is 4.02. The van der Waals surface area contributed by atoms with Crippen LogP contribution >= 0.6 is 0 Å². The van der Waals surface area contributed by atoms with Crippen LogP contribution in [-0.2, 0) is 0 Å². The Morgan fingerprint density at radius 1 is 1.56 bits per heavy atom. The molecule has 2 heterocycles. The van der Waals surface area contributed by atoms with E-state index in [0.717, 1.165) is 0 Å². The number of hydrogen-bond donors (Lipinski definition) is 2. The van der Waals surface area contributed by atoms with Gasteiger partial charge in [-0.3, -0.25) is 0 Å². The van der Waals surface area contributed by atoms with Gasteiger partial charge in [-0.25, -0.2) is 13.8 Å².